The molecule has 8 heteroatoms. The third-order valence-corrected chi connectivity index (χ3v) is 2.97. The lowest BCUT2D eigenvalue weighted by Crippen LogP contribution is -2.41. The Morgan fingerprint density at radius 1 is 1.17 bits per heavy atom. The van der Waals surface area contributed by atoms with Gasteiger partial charge in [0.1, 0.15) is 0 Å². The molecule has 0 bridgehead atoms. The number of carbonyl (C=O) groups excluding carboxylic acids is 1. The number of guanidine groups is 1. The first-order chi connectivity index (χ1) is 10.7. The summed E-state index contributed by atoms with van der Waals surface area (Å²) in [5, 5.41) is 9.71. The third-order valence-electron chi connectivity index (χ3n) is 2.72. The molecule has 130 valence electrons. The number of hydrogen-bond donors (Lipinski definition) is 3. The van der Waals surface area contributed by atoms with Crippen LogP contribution in [0.3, 0.4) is 0 Å². The van der Waals surface area contributed by atoms with E-state index >= 15 is 0 Å². The molecule has 1 aromatic rings. The Kier molecular flexibility index (Phi) is 12.8. The van der Waals surface area contributed by atoms with Gasteiger partial charge in [-0.1, -0.05) is 11.6 Å². The van der Waals surface area contributed by atoms with Gasteiger partial charge >= 0.3 is 0 Å². The van der Waals surface area contributed by atoms with Gasteiger partial charge in [-0.25, -0.2) is 0 Å². The highest BCUT2D eigenvalue weighted by atomic mass is 127. The SMILES string of the molecule is CCNC(=NCCOC)NCCNC(=O)c1ccc(Cl)cc1.I. The monoisotopic (exact) mass is 454 g/mol. The molecule has 0 aliphatic heterocycles. The number of rotatable bonds is 8. The average molecular weight is 455 g/mol. The minimum atomic E-state index is -0.125. The molecule has 1 amide bonds. The van der Waals surface area contributed by atoms with Crippen LogP contribution in [0.1, 0.15) is 17.3 Å². The Bertz CT molecular complexity index is 483. The summed E-state index contributed by atoms with van der Waals surface area (Å²) in [6.07, 6.45) is 0. The van der Waals surface area contributed by atoms with E-state index < -0.39 is 0 Å². The van der Waals surface area contributed by atoms with Crippen molar-refractivity contribution >= 4 is 47.4 Å². The van der Waals surface area contributed by atoms with Crippen molar-refractivity contribution in [3.63, 3.8) is 0 Å². The average Bonchev–Trinajstić information content (AvgIpc) is 2.52. The van der Waals surface area contributed by atoms with Crippen LogP contribution in [0.2, 0.25) is 5.02 Å². The molecule has 23 heavy (non-hydrogen) atoms. The largest absolute Gasteiger partial charge is 0.383 e. The summed E-state index contributed by atoms with van der Waals surface area (Å²) in [5.41, 5.74) is 0.588. The van der Waals surface area contributed by atoms with Crippen LogP contribution < -0.4 is 16.0 Å². The Morgan fingerprint density at radius 2 is 1.83 bits per heavy atom. The summed E-state index contributed by atoms with van der Waals surface area (Å²) in [7, 11) is 1.64. The van der Waals surface area contributed by atoms with E-state index in [1.54, 1.807) is 31.4 Å². The topological polar surface area (TPSA) is 74.8 Å². The van der Waals surface area contributed by atoms with E-state index in [1.807, 2.05) is 6.92 Å². The van der Waals surface area contributed by atoms with E-state index in [0.29, 0.717) is 42.8 Å². The number of nitrogens with one attached hydrogen (secondary N) is 3. The summed E-state index contributed by atoms with van der Waals surface area (Å²) in [4.78, 5) is 16.2. The van der Waals surface area contributed by atoms with Crippen LogP contribution in [0.5, 0.6) is 0 Å². The second-order valence-electron chi connectivity index (χ2n) is 4.44. The van der Waals surface area contributed by atoms with Crippen molar-refractivity contribution in [1.82, 2.24) is 16.0 Å². The van der Waals surface area contributed by atoms with Gasteiger partial charge in [-0.15, -0.1) is 24.0 Å². The zero-order valence-electron chi connectivity index (χ0n) is 13.4. The molecule has 0 aromatic heterocycles. The molecular formula is C15H24ClIN4O2. The molecule has 0 spiro atoms. The third kappa shape index (κ3) is 9.62. The van der Waals surface area contributed by atoms with Crippen LogP contribution in [0.25, 0.3) is 0 Å². The summed E-state index contributed by atoms with van der Waals surface area (Å²) in [6, 6.07) is 6.78. The van der Waals surface area contributed by atoms with Gasteiger partial charge in [-0.05, 0) is 31.2 Å². The highest BCUT2D eigenvalue weighted by Gasteiger charge is 2.04. The molecule has 0 heterocycles. The molecule has 0 saturated carbocycles. The van der Waals surface area contributed by atoms with Crippen LogP contribution in [0, 0.1) is 0 Å². The van der Waals surface area contributed by atoms with Gasteiger partial charge in [-0.2, -0.15) is 0 Å². The summed E-state index contributed by atoms with van der Waals surface area (Å²) in [6.45, 7) is 5.01. The van der Waals surface area contributed by atoms with E-state index in [1.165, 1.54) is 0 Å². The predicted octanol–water partition coefficient (Wildman–Crippen LogP) is 1.89. The molecule has 6 nitrogen and oxygen atoms in total. The molecule has 1 rings (SSSR count). The van der Waals surface area contributed by atoms with E-state index in [9.17, 15) is 4.79 Å². The molecule has 0 unspecified atom stereocenters. The fourth-order valence-corrected chi connectivity index (χ4v) is 1.78. The lowest BCUT2D eigenvalue weighted by atomic mass is 10.2. The lowest BCUT2D eigenvalue weighted by molar-refractivity contribution is 0.0954. The number of benzene rings is 1. The van der Waals surface area contributed by atoms with Crippen molar-refractivity contribution in [3.05, 3.63) is 34.9 Å². The molecule has 0 atom stereocenters. The highest BCUT2D eigenvalue weighted by molar-refractivity contribution is 14.0. The summed E-state index contributed by atoms with van der Waals surface area (Å²) >= 11 is 5.79. The van der Waals surface area contributed by atoms with Crippen molar-refractivity contribution in [1.29, 1.82) is 0 Å². The number of amides is 1. The maximum absolute atomic E-state index is 11.9. The predicted molar refractivity (Wildman–Crippen MR) is 105 cm³/mol. The van der Waals surface area contributed by atoms with Crippen molar-refractivity contribution in [2.24, 2.45) is 4.99 Å². The smallest absolute Gasteiger partial charge is 0.251 e. The molecule has 0 aliphatic carbocycles. The van der Waals surface area contributed by atoms with Crippen molar-refractivity contribution in [2.45, 2.75) is 6.92 Å². The van der Waals surface area contributed by atoms with Crippen molar-refractivity contribution in [3.8, 4) is 0 Å². The minimum Gasteiger partial charge on any atom is -0.383 e. The van der Waals surface area contributed by atoms with Gasteiger partial charge in [0.05, 0.1) is 13.2 Å². The maximum atomic E-state index is 11.9. The maximum Gasteiger partial charge on any atom is 0.251 e. The standard InChI is InChI=1S/C15H23ClN4O2.HI/c1-3-17-15(20-10-11-22-2)19-9-8-18-14(21)12-4-6-13(16)7-5-12;/h4-7H,3,8-11H2,1-2H3,(H,18,21)(H2,17,19,20);1H. The van der Waals surface area contributed by atoms with Crippen molar-refractivity contribution in [2.75, 3.05) is 39.9 Å². The minimum absolute atomic E-state index is 0. The van der Waals surface area contributed by atoms with Gasteiger partial charge in [0.25, 0.3) is 5.91 Å². The number of methoxy groups -OCH3 is 1. The zero-order valence-corrected chi connectivity index (χ0v) is 16.5. The zero-order chi connectivity index (χ0) is 16.2. The van der Waals surface area contributed by atoms with Crippen LogP contribution in [-0.2, 0) is 4.74 Å². The van der Waals surface area contributed by atoms with E-state index in [4.69, 9.17) is 16.3 Å². The van der Waals surface area contributed by atoms with Gasteiger partial charge in [0, 0.05) is 37.3 Å². The highest BCUT2D eigenvalue weighted by Crippen LogP contribution is 2.08. The fraction of sp³-hybridized carbons (Fsp3) is 0.467. The number of hydrogen-bond acceptors (Lipinski definition) is 3. The number of nitrogens with zero attached hydrogens (tertiary/aromatic N) is 1. The fourth-order valence-electron chi connectivity index (χ4n) is 1.65. The van der Waals surface area contributed by atoms with Gasteiger partial charge in [0.15, 0.2) is 5.96 Å². The Morgan fingerprint density at radius 3 is 2.43 bits per heavy atom. The number of ether oxygens (including phenoxy) is 1. The molecular weight excluding hydrogens is 431 g/mol. The van der Waals surface area contributed by atoms with Gasteiger partial charge in [-0.3, -0.25) is 9.79 Å². The van der Waals surface area contributed by atoms with Crippen LogP contribution >= 0.6 is 35.6 Å². The molecule has 0 aliphatic rings. The normalized spacial score (nSPS) is 10.7. The Labute approximate surface area is 159 Å². The van der Waals surface area contributed by atoms with E-state index in [2.05, 4.69) is 20.9 Å². The lowest BCUT2D eigenvalue weighted by Gasteiger charge is -2.11. The number of carbonyl (C=O) groups is 1. The van der Waals surface area contributed by atoms with Crippen LogP contribution in [0.15, 0.2) is 29.3 Å². The van der Waals surface area contributed by atoms with Gasteiger partial charge in [0.2, 0.25) is 0 Å². The van der Waals surface area contributed by atoms with Crippen LogP contribution in [-0.4, -0.2) is 51.8 Å². The second kappa shape index (κ2) is 13.4. The first kappa shape index (κ1) is 21.9. The molecule has 0 radical (unpaired) electrons. The van der Waals surface area contributed by atoms with Crippen LogP contribution in [0.4, 0.5) is 0 Å². The van der Waals surface area contributed by atoms with E-state index in [0.717, 1.165) is 6.54 Å². The van der Waals surface area contributed by atoms with Gasteiger partial charge < -0.3 is 20.7 Å². The second-order valence-corrected chi connectivity index (χ2v) is 4.88. The molecule has 0 fully saturated rings. The molecule has 3 N–H and O–H groups in total. The van der Waals surface area contributed by atoms with E-state index in [-0.39, 0.29) is 29.9 Å². The Balaban J connectivity index is 0.00000484. The molecule has 1 aromatic carbocycles. The first-order valence-corrected chi connectivity index (χ1v) is 7.60. The molecule has 0 saturated heterocycles. The number of halogens is 2. The Hall–Kier alpha value is -1.06. The number of aliphatic imine (C=N–C) groups is 1. The van der Waals surface area contributed by atoms with Crippen molar-refractivity contribution < 1.29 is 9.53 Å². The summed E-state index contributed by atoms with van der Waals surface area (Å²) < 4.78 is 4.96. The quantitative estimate of drug-likeness (QED) is 0.243. The first-order valence-electron chi connectivity index (χ1n) is 7.22. The summed E-state index contributed by atoms with van der Waals surface area (Å²) in [5.74, 6) is 0.583.